The second kappa shape index (κ2) is 7.95. The number of nitrogens with zero attached hydrogens (tertiary/aromatic N) is 1. The Bertz CT molecular complexity index is 384. The maximum atomic E-state index is 11.1. The normalized spacial score (nSPS) is 11.1. The number of hydrogen-bond acceptors (Lipinski definition) is 3. The van der Waals surface area contributed by atoms with Crippen molar-refractivity contribution in [3.63, 3.8) is 0 Å². The van der Waals surface area contributed by atoms with E-state index in [-0.39, 0.29) is 5.97 Å². The van der Waals surface area contributed by atoms with Gasteiger partial charge in [0.25, 0.3) is 0 Å². The topological polar surface area (TPSA) is 29.5 Å². The molecule has 19 heavy (non-hydrogen) atoms. The number of benzene rings is 1. The second-order valence-corrected chi connectivity index (χ2v) is 5.48. The molecule has 1 rings (SSSR count). The number of hydrogen-bond donors (Lipinski definition) is 0. The van der Waals surface area contributed by atoms with Gasteiger partial charge in [0.15, 0.2) is 0 Å². The first kappa shape index (κ1) is 15.7. The number of esters is 1. The highest BCUT2D eigenvalue weighted by atomic mass is 16.5. The van der Waals surface area contributed by atoms with E-state index in [0.717, 1.165) is 19.5 Å². The van der Waals surface area contributed by atoms with Crippen molar-refractivity contribution in [3.05, 3.63) is 35.4 Å². The van der Waals surface area contributed by atoms with Crippen molar-refractivity contribution >= 4 is 5.97 Å². The van der Waals surface area contributed by atoms with Gasteiger partial charge in [-0.1, -0.05) is 38.1 Å². The predicted octanol–water partition coefficient (Wildman–Crippen LogP) is 2.88. The maximum absolute atomic E-state index is 11.1. The standard InChI is InChI=1S/C16H25NO2/c1-13(2)11-14-5-7-15(8-6-14)12-17(3)10-9-16(18)19-4/h5-8,13H,9-12H2,1-4H3. The monoisotopic (exact) mass is 263 g/mol. The lowest BCUT2D eigenvalue weighted by atomic mass is 10.0. The van der Waals surface area contributed by atoms with Gasteiger partial charge in [-0.15, -0.1) is 0 Å². The maximum Gasteiger partial charge on any atom is 0.306 e. The molecule has 0 aromatic heterocycles. The van der Waals surface area contributed by atoms with Crippen molar-refractivity contribution in [2.75, 3.05) is 20.7 Å². The van der Waals surface area contributed by atoms with E-state index in [9.17, 15) is 4.79 Å². The minimum absolute atomic E-state index is 0.154. The summed E-state index contributed by atoms with van der Waals surface area (Å²) in [6.45, 7) is 6.04. The molecule has 0 aliphatic heterocycles. The van der Waals surface area contributed by atoms with E-state index in [2.05, 4.69) is 47.7 Å². The molecule has 0 N–H and O–H groups in total. The highest BCUT2D eigenvalue weighted by molar-refractivity contribution is 5.69. The molecule has 0 amide bonds. The zero-order valence-electron chi connectivity index (χ0n) is 12.5. The molecule has 0 radical (unpaired) electrons. The van der Waals surface area contributed by atoms with E-state index < -0.39 is 0 Å². The molecule has 1 aromatic rings. The molecular formula is C16H25NO2. The third kappa shape index (κ3) is 6.39. The number of rotatable bonds is 7. The summed E-state index contributed by atoms with van der Waals surface area (Å²) in [5.74, 6) is 0.535. The lowest BCUT2D eigenvalue weighted by molar-refractivity contribution is -0.140. The van der Waals surface area contributed by atoms with Gasteiger partial charge >= 0.3 is 5.97 Å². The summed E-state index contributed by atoms with van der Waals surface area (Å²) in [4.78, 5) is 13.2. The van der Waals surface area contributed by atoms with E-state index in [1.165, 1.54) is 18.2 Å². The summed E-state index contributed by atoms with van der Waals surface area (Å²) in [5.41, 5.74) is 2.66. The average molecular weight is 263 g/mol. The molecule has 0 saturated heterocycles. The Balaban J connectivity index is 2.42. The minimum Gasteiger partial charge on any atom is -0.469 e. The first-order valence-electron chi connectivity index (χ1n) is 6.84. The van der Waals surface area contributed by atoms with Gasteiger partial charge in [0, 0.05) is 13.1 Å². The Morgan fingerprint density at radius 3 is 2.32 bits per heavy atom. The van der Waals surface area contributed by atoms with E-state index in [1.807, 2.05) is 7.05 Å². The minimum atomic E-state index is -0.154. The summed E-state index contributed by atoms with van der Waals surface area (Å²) in [7, 11) is 3.45. The number of methoxy groups -OCH3 is 1. The summed E-state index contributed by atoms with van der Waals surface area (Å²) in [5, 5.41) is 0. The summed E-state index contributed by atoms with van der Waals surface area (Å²) in [6.07, 6.45) is 1.57. The largest absolute Gasteiger partial charge is 0.469 e. The Morgan fingerprint density at radius 1 is 1.21 bits per heavy atom. The van der Waals surface area contributed by atoms with Crippen molar-refractivity contribution < 1.29 is 9.53 Å². The van der Waals surface area contributed by atoms with E-state index >= 15 is 0 Å². The Labute approximate surface area is 116 Å². The van der Waals surface area contributed by atoms with Gasteiger partial charge in [-0.05, 0) is 30.5 Å². The van der Waals surface area contributed by atoms with E-state index in [1.54, 1.807) is 0 Å². The third-order valence-corrected chi connectivity index (χ3v) is 3.04. The molecule has 0 heterocycles. The van der Waals surface area contributed by atoms with Crippen molar-refractivity contribution in [2.24, 2.45) is 5.92 Å². The van der Waals surface area contributed by atoms with Gasteiger partial charge < -0.3 is 9.64 Å². The molecule has 0 aliphatic rings. The van der Waals surface area contributed by atoms with Gasteiger partial charge in [0.1, 0.15) is 0 Å². The highest BCUT2D eigenvalue weighted by Crippen LogP contribution is 2.11. The molecule has 3 nitrogen and oxygen atoms in total. The Kier molecular flexibility index (Phi) is 6.57. The van der Waals surface area contributed by atoms with Gasteiger partial charge in [0.2, 0.25) is 0 Å². The first-order chi connectivity index (χ1) is 9.01. The van der Waals surface area contributed by atoms with Crippen LogP contribution in [-0.4, -0.2) is 31.6 Å². The third-order valence-electron chi connectivity index (χ3n) is 3.04. The van der Waals surface area contributed by atoms with Crippen molar-refractivity contribution in [3.8, 4) is 0 Å². The van der Waals surface area contributed by atoms with Gasteiger partial charge in [0.05, 0.1) is 13.5 Å². The van der Waals surface area contributed by atoms with Crippen LogP contribution in [-0.2, 0) is 22.5 Å². The van der Waals surface area contributed by atoms with Crippen molar-refractivity contribution in [1.82, 2.24) is 4.90 Å². The number of carbonyl (C=O) groups is 1. The molecular weight excluding hydrogens is 238 g/mol. The van der Waals surface area contributed by atoms with Crippen LogP contribution in [0.15, 0.2) is 24.3 Å². The molecule has 106 valence electrons. The summed E-state index contributed by atoms with van der Waals surface area (Å²) < 4.78 is 4.64. The van der Waals surface area contributed by atoms with Gasteiger partial charge in [-0.2, -0.15) is 0 Å². The van der Waals surface area contributed by atoms with Crippen molar-refractivity contribution in [2.45, 2.75) is 33.2 Å². The van der Waals surface area contributed by atoms with Crippen LogP contribution in [0.25, 0.3) is 0 Å². The van der Waals surface area contributed by atoms with Crippen LogP contribution in [0.1, 0.15) is 31.4 Å². The van der Waals surface area contributed by atoms with Crippen LogP contribution in [0.3, 0.4) is 0 Å². The van der Waals surface area contributed by atoms with Crippen LogP contribution >= 0.6 is 0 Å². The lowest BCUT2D eigenvalue weighted by Gasteiger charge is -2.16. The molecule has 3 heteroatoms. The Morgan fingerprint density at radius 2 is 1.79 bits per heavy atom. The van der Waals surface area contributed by atoms with E-state index in [0.29, 0.717) is 12.3 Å². The highest BCUT2D eigenvalue weighted by Gasteiger charge is 2.05. The molecule has 0 spiro atoms. The smallest absolute Gasteiger partial charge is 0.306 e. The fourth-order valence-electron chi connectivity index (χ4n) is 2.03. The predicted molar refractivity (Wildman–Crippen MR) is 78.0 cm³/mol. The van der Waals surface area contributed by atoms with Crippen LogP contribution in [0.5, 0.6) is 0 Å². The van der Waals surface area contributed by atoms with Gasteiger partial charge in [-0.3, -0.25) is 4.79 Å². The molecule has 0 bridgehead atoms. The average Bonchev–Trinajstić information content (AvgIpc) is 2.37. The Hall–Kier alpha value is -1.35. The number of ether oxygens (including phenoxy) is 1. The first-order valence-corrected chi connectivity index (χ1v) is 6.84. The molecule has 0 atom stereocenters. The zero-order valence-corrected chi connectivity index (χ0v) is 12.5. The van der Waals surface area contributed by atoms with Crippen LogP contribution < -0.4 is 0 Å². The zero-order chi connectivity index (χ0) is 14.3. The summed E-state index contributed by atoms with van der Waals surface area (Å²) in [6, 6.07) is 8.74. The van der Waals surface area contributed by atoms with E-state index in [4.69, 9.17) is 0 Å². The second-order valence-electron chi connectivity index (χ2n) is 5.48. The van der Waals surface area contributed by atoms with Gasteiger partial charge in [-0.25, -0.2) is 0 Å². The number of carbonyl (C=O) groups excluding carboxylic acids is 1. The fraction of sp³-hybridized carbons (Fsp3) is 0.562. The van der Waals surface area contributed by atoms with Crippen LogP contribution in [0.4, 0.5) is 0 Å². The van der Waals surface area contributed by atoms with Crippen molar-refractivity contribution in [1.29, 1.82) is 0 Å². The summed E-state index contributed by atoms with van der Waals surface area (Å²) >= 11 is 0. The van der Waals surface area contributed by atoms with Crippen LogP contribution in [0, 0.1) is 5.92 Å². The van der Waals surface area contributed by atoms with Crippen LogP contribution in [0.2, 0.25) is 0 Å². The quantitative estimate of drug-likeness (QED) is 0.708. The lowest BCUT2D eigenvalue weighted by Crippen LogP contribution is -2.21. The molecule has 1 aromatic carbocycles. The fourth-order valence-corrected chi connectivity index (χ4v) is 2.03. The molecule has 0 saturated carbocycles. The SMILES string of the molecule is COC(=O)CCN(C)Cc1ccc(CC(C)C)cc1. The molecule has 0 fully saturated rings. The molecule has 0 unspecified atom stereocenters. The molecule has 0 aliphatic carbocycles.